The summed E-state index contributed by atoms with van der Waals surface area (Å²) < 4.78 is 5.63. The topological polar surface area (TPSA) is 67.8 Å². The summed E-state index contributed by atoms with van der Waals surface area (Å²) in [6.45, 7) is 6.39. The third kappa shape index (κ3) is 3.98. The van der Waals surface area contributed by atoms with E-state index in [4.69, 9.17) is 15.7 Å². The van der Waals surface area contributed by atoms with E-state index < -0.39 is 0 Å². The second-order valence-electron chi connectivity index (χ2n) is 4.78. The monoisotopic (exact) mass is 236 g/mol. The van der Waals surface area contributed by atoms with Crippen LogP contribution in [0.25, 0.3) is 0 Å². The molecule has 1 rings (SSSR count). The molecule has 0 radical (unpaired) electrons. The molecule has 0 fully saturated rings. The van der Waals surface area contributed by atoms with E-state index in [0.717, 1.165) is 11.3 Å². The Bertz CT molecular complexity index is 400. The maximum absolute atomic E-state index is 8.65. The third-order valence-corrected chi connectivity index (χ3v) is 2.79. The van der Waals surface area contributed by atoms with E-state index in [0.29, 0.717) is 13.0 Å². The zero-order chi connectivity index (χ0) is 12.9. The molecule has 94 valence electrons. The highest BCUT2D eigenvalue weighted by Gasteiger charge is 2.23. The van der Waals surface area contributed by atoms with Crippen LogP contribution in [0.2, 0.25) is 0 Å². The van der Waals surface area contributed by atoms with Crippen LogP contribution < -0.4 is 10.5 Å². The summed E-state index contributed by atoms with van der Waals surface area (Å²) in [6, 6.07) is 7.88. The molecule has 0 aromatic heterocycles. The van der Waals surface area contributed by atoms with E-state index in [1.807, 2.05) is 45.0 Å². The number of oxime groups is 1. The van der Waals surface area contributed by atoms with Gasteiger partial charge in [0.1, 0.15) is 11.6 Å². The number of benzene rings is 1. The lowest BCUT2D eigenvalue weighted by Gasteiger charge is -2.22. The molecular weight excluding hydrogens is 216 g/mol. The Morgan fingerprint density at radius 2 is 2.18 bits per heavy atom. The molecule has 1 aromatic rings. The van der Waals surface area contributed by atoms with Gasteiger partial charge in [-0.2, -0.15) is 0 Å². The summed E-state index contributed by atoms with van der Waals surface area (Å²) in [6.07, 6.45) is 0.691. The molecule has 3 N–H and O–H groups in total. The number of nitrogens with two attached hydrogens (primary N) is 1. The normalized spacial score (nSPS) is 12.5. The zero-order valence-electron chi connectivity index (χ0n) is 10.6. The van der Waals surface area contributed by atoms with Crippen LogP contribution in [-0.4, -0.2) is 17.6 Å². The number of rotatable bonds is 5. The van der Waals surface area contributed by atoms with Crippen LogP contribution >= 0.6 is 0 Å². The second kappa shape index (κ2) is 5.57. The minimum Gasteiger partial charge on any atom is -0.494 e. The van der Waals surface area contributed by atoms with E-state index in [2.05, 4.69) is 5.16 Å². The number of aryl methyl sites for hydroxylation is 1. The van der Waals surface area contributed by atoms with Crippen LogP contribution in [0.4, 0.5) is 0 Å². The van der Waals surface area contributed by atoms with E-state index in [1.54, 1.807) is 0 Å². The number of ether oxygens (including phenoxy) is 1. The van der Waals surface area contributed by atoms with Crippen molar-refractivity contribution in [2.45, 2.75) is 27.2 Å². The minimum absolute atomic E-state index is 0.227. The molecule has 0 atom stereocenters. The Balaban J connectivity index is 2.48. The van der Waals surface area contributed by atoms with Gasteiger partial charge >= 0.3 is 0 Å². The lowest BCUT2D eigenvalue weighted by atomic mass is 9.88. The maximum Gasteiger partial charge on any atom is 0.144 e. The molecule has 4 nitrogen and oxygen atoms in total. The highest BCUT2D eigenvalue weighted by molar-refractivity contribution is 5.85. The van der Waals surface area contributed by atoms with Gasteiger partial charge in [-0.3, -0.25) is 0 Å². The Morgan fingerprint density at radius 3 is 2.76 bits per heavy atom. The predicted octanol–water partition coefficient (Wildman–Crippen LogP) is 2.54. The average Bonchev–Trinajstić information content (AvgIpc) is 2.27. The molecule has 0 spiro atoms. The number of nitrogens with zero attached hydrogens (tertiary/aromatic N) is 1. The molecule has 0 saturated carbocycles. The first-order chi connectivity index (χ1) is 7.95. The largest absolute Gasteiger partial charge is 0.494 e. The predicted molar refractivity (Wildman–Crippen MR) is 68.5 cm³/mol. The summed E-state index contributed by atoms with van der Waals surface area (Å²) in [4.78, 5) is 0. The molecule has 0 bridgehead atoms. The molecule has 0 heterocycles. The standard InChI is InChI=1S/C13H20N2O2/c1-10-5-4-6-11(9-10)17-8-7-13(2,3)12(14)15-16/h4-6,9,16H,7-8H2,1-3H3,(H2,14,15). The van der Waals surface area contributed by atoms with Crippen LogP contribution in [0.1, 0.15) is 25.8 Å². The molecule has 0 unspecified atom stereocenters. The van der Waals surface area contributed by atoms with Crippen LogP contribution in [0.5, 0.6) is 5.75 Å². The summed E-state index contributed by atoms with van der Waals surface area (Å²) in [5.41, 5.74) is 6.40. The van der Waals surface area contributed by atoms with Crippen molar-refractivity contribution in [1.82, 2.24) is 0 Å². The van der Waals surface area contributed by atoms with Crippen LogP contribution in [0.15, 0.2) is 29.4 Å². The Hall–Kier alpha value is -1.71. The molecule has 0 aliphatic rings. The first kappa shape index (κ1) is 13.4. The van der Waals surface area contributed by atoms with Crippen molar-refractivity contribution in [3.63, 3.8) is 0 Å². The van der Waals surface area contributed by atoms with Gasteiger partial charge in [0.25, 0.3) is 0 Å². The number of amidine groups is 1. The molecular formula is C13H20N2O2. The number of hydrogen-bond donors (Lipinski definition) is 2. The Morgan fingerprint density at radius 1 is 1.47 bits per heavy atom. The minimum atomic E-state index is -0.363. The summed E-state index contributed by atoms with van der Waals surface area (Å²) in [5.74, 6) is 1.07. The first-order valence-corrected chi connectivity index (χ1v) is 5.63. The lowest BCUT2D eigenvalue weighted by molar-refractivity contribution is 0.259. The summed E-state index contributed by atoms with van der Waals surface area (Å²) in [7, 11) is 0. The van der Waals surface area contributed by atoms with Gasteiger partial charge < -0.3 is 15.7 Å². The molecule has 17 heavy (non-hydrogen) atoms. The van der Waals surface area contributed by atoms with Crippen molar-refractivity contribution in [3.05, 3.63) is 29.8 Å². The van der Waals surface area contributed by atoms with Gasteiger partial charge in [-0.05, 0) is 31.0 Å². The smallest absolute Gasteiger partial charge is 0.144 e. The van der Waals surface area contributed by atoms with Gasteiger partial charge in [-0.1, -0.05) is 31.1 Å². The van der Waals surface area contributed by atoms with Gasteiger partial charge in [-0.25, -0.2) is 0 Å². The Kier molecular flexibility index (Phi) is 4.37. The average molecular weight is 236 g/mol. The van der Waals surface area contributed by atoms with E-state index in [9.17, 15) is 0 Å². The van der Waals surface area contributed by atoms with Gasteiger partial charge in [-0.15, -0.1) is 0 Å². The van der Waals surface area contributed by atoms with E-state index in [-0.39, 0.29) is 11.3 Å². The quantitative estimate of drug-likeness (QED) is 0.357. The van der Waals surface area contributed by atoms with Crippen molar-refractivity contribution in [3.8, 4) is 5.75 Å². The van der Waals surface area contributed by atoms with Crippen molar-refractivity contribution in [2.75, 3.05) is 6.61 Å². The fourth-order valence-electron chi connectivity index (χ4n) is 1.39. The van der Waals surface area contributed by atoms with Crippen molar-refractivity contribution in [2.24, 2.45) is 16.3 Å². The fourth-order valence-corrected chi connectivity index (χ4v) is 1.39. The van der Waals surface area contributed by atoms with Crippen LogP contribution in [0, 0.1) is 12.3 Å². The van der Waals surface area contributed by atoms with Gasteiger partial charge in [0, 0.05) is 5.41 Å². The van der Waals surface area contributed by atoms with Gasteiger partial charge in [0.2, 0.25) is 0 Å². The van der Waals surface area contributed by atoms with Crippen molar-refractivity contribution >= 4 is 5.84 Å². The third-order valence-electron chi connectivity index (χ3n) is 2.79. The molecule has 4 heteroatoms. The van der Waals surface area contributed by atoms with Crippen LogP contribution in [-0.2, 0) is 0 Å². The molecule has 0 aliphatic heterocycles. The van der Waals surface area contributed by atoms with Crippen LogP contribution in [0.3, 0.4) is 0 Å². The van der Waals surface area contributed by atoms with E-state index >= 15 is 0 Å². The zero-order valence-corrected chi connectivity index (χ0v) is 10.6. The summed E-state index contributed by atoms with van der Waals surface area (Å²) in [5, 5.41) is 11.7. The maximum atomic E-state index is 8.65. The molecule has 0 aliphatic carbocycles. The van der Waals surface area contributed by atoms with Crippen molar-refractivity contribution < 1.29 is 9.94 Å². The lowest BCUT2D eigenvalue weighted by Crippen LogP contribution is -2.33. The SMILES string of the molecule is Cc1cccc(OCCC(C)(C)C(N)=NO)c1. The fraction of sp³-hybridized carbons (Fsp3) is 0.462. The van der Waals surface area contributed by atoms with Crippen molar-refractivity contribution in [1.29, 1.82) is 0 Å². The summed E-state index contributed by atoms with van der Waals surface area (Å²) >= 11 is 0. The van der Waals surface area contributed by atoms with Gasteiger partial charge in [0.05, 0.1) is 6.61 Å². The first-order valence-electron chi connectivity index (χ1n) is 5.63. The highest BCUT2D eigenvalue weighted by Crippen LogP contribution is 2.21. The highest BCUT2D eigenvalue weighted by atomic mass is 16.5. The Labute approximate surface area is 102 Å². The second-order valence-corrected chi connectivity index (χ2v) is 4.78. The molecule has 0 amide bonds. The van der Waals surface area contributed by atoms with Gasteiger partial charge in [0.15, 0.2) is 0 Å². The van der Waals surface area contributed by atoms with E-state index in [1.165, 1.54) is 0 Å². The molecule has 1 aromatic carbocycles. The molecule has 0 saturated heterocycles. The number of hydrogen-bond acceptors (Lipinski definition) is 3.